The van der Waals surface area contributed by atoms with Crippen LogP contribution in [0, 0.1) is 3.57 Å². The molecule has 0 aliphatic heterocycles. The van der Waals surface area contributed by atoms with Crippen molar-refractivity contribution in [3.63, 3.8) is 0 Å². The van der Waals surface area contributed by atoms with Gasteiger partial charge in [-0.15, -0.1) is 0 Å². The van der Waals surface area contributed by atoms with E-state index in [2.05, 4.69) is 46.9 Å². The minimum atomic E-state index is 0.111. The van der Waals surface area contributed by atoms with E-state index >= 15 is 0 Å². The van der Waals surface area contributed by atoms with Crippen molar-refractivity contribution in [2.24, 2.45) is 0 Å². The molecule has 2 aromatic rings. The number of unbranched alkanes of at least 4 members (excludes halogenated alkanes) is 1. The topological polar surface area (TPSA) is 20.3 Å². The molecule has 0 saturated heterocycles. The summed E-state index contributed by atoms with van der Waals surface area (Å²) in [5, 5.41) is 0. The second-order valence-electron chi connectivity index (χ2n) is 5.15. The molecule has 0 aliphatic rings. The number of amides is 1. The zero-order chi connectivity index (χ0) is 15.1. The normalized spacial score (nSPS) is 10.4. The van der Waals surface area contributed by atoms with Gasteiger partial charge < -0.3 is 4.90 Å². The molecule has 0 unspecified atom stereocenters. The van der Waals surface area contributed by atoms with Gasteiger partial charge in [0.2, 0.25) is 0 Å². The minimum absolute atomic E-state index is 0.111. The molecule has 21 heavy (non-hydrogen) atoms. The second-order valence-corrected chi connectivity index (χ2v) is 6.31. The smallest absolute Gasteiger partial charge is 0.254 e. The van der Waals surface area contributed by atoms with Crippen LogP contribution in [-0.4, -0.2) is 24.4 Å². The Balaban J connectivity index is 1.78. The van der Waals surface area contributed by atoms with E-state index in [1.807, 2.05) is 42.3 Å². The Morgan fingerprint density at radius 1 is 1.00 bits per heavy atom. The molecule has 2 aromatic carbocycles. The summed E-state index contributed by atoms with van der Waals surface area (Å²) in [7, 11) is 1.88. The van der Waals surface area contributed by atoms with Gasteiger partial charge in [0, 0.05) is 17.2 Å². The average Bonchev–Trinajstić information content (AvgIpc) is 2.52. The van der Waals surface area contributed by atoms with Gasteiger partial charge in [0.15, 0.2) is 0 Å². The average molecular weight is 393 g/mol. The second kappa shape index (κ2) is 8.17. The molecule has 0 spiro atoms. The van der Waals surface area contributed by atoms with Gasteiger partial charge in [0.05, 0.1) is 5.56 Å². The van der Waals surface area contributed by atoms with E-state index in [4.69, 9.17) is 0 Å². The van der Waals surface area contributed by atoms with Crippen molar-refractivity contribution in [2.75, 3.05) is 13.6 Å². The number of carbonyl (C=O) groups excluding carboxylic acids is 1. The van der Waals surface area contributed by atoms with Crippen LogP contribution < -0.4 is 0 Å². The van der Waals surface area contributed by atoms with Crippen LogP contribution in [0.4, 0.5) is 0 Å². The molecule has 0 atom stereocenters. The Labute approximate surface area is 140 Å². The van der Waals surface area contributed by atoms with Crippen molar-refractivity contribution in [3.8, 4) is 0 Å². The van der Waals surface area contributed by atoms with Crippen LogP contribution in [0.1, 0.15) is 28.8 Å². The highest BCUT2D eigenvalue weighted by molar-refractivity contribution is 14.1. The molecule has 2 nitrogen and oxygen atoms in total. The lowest BCUT2D eigenvalue weighted by Crippen LogP contribution is -2.28. The van der Waals surface area contributed by atoms with Crippen LogP contribution in [0.15, 0.2) is 54.6 Å². The molecular weight excluding hydrogens is 373 g/mol. The van der Waals surface area contributed by atoms with Crippen LogP contribution in [0.3, 0.4) is 0 Å². The molecular formula is C18H20INO. The van der Waals surface area contributed by atoms with Crippen LogP contribution in [0.25, 0.3) is 0 Å². The van der Waals surface area contributed by atoms with Gasteiger partial charge in [-0.1, -0.05) is 42.5 Å². The van der Waals surface area contributed by atoms with Crippen molar-refractivity contribution < 1.29 is 4.79 Å². The molecule has 0 radical (unpaired) electrons. The maximum absolute atomic E-state index is 12.4. The maximum atomic E-state index is 12.4. The number of nitrogens with zero attached hydrogens (tertiary/aromatic N) is 1. The Morgan fingerprint density at radius 2 is 1.67 bits per heavy atom. The van der Waals surface area contributed by atoms with Gasteiger partial charge in [0.1, 0.15) is 0 Å². The summed E-state index contributed by atoms with van der Waals surface area (Å²) in [6.07, 6.45) is 3.21. The first-order valence-corrected chi connectivity index (χ1v) is 8.30. The minimum Gasteiger partial charge on any atom is -0.342 e. The van der Waals surface area contributed by atoms with Crippen LogP contribution in [0.2, 0.25) is 0 Å². The molecule has 0 fully saturated rings. The van der Waals surface area contributed by atoms with Crippen molar-refractivity contribution >= 4 is 28.5 Å². The highest BCUT2D eigenvalue weighted by Gasteiger charge is 2.13. The Bertz CT molecular complexity index is 583. The van der Waals surface area contributed by atoms with E-state index in [1.54, 1.807) is 0 Å². The van der Waals surface area contributed by atoms with E-state index < -0.39 is 0 Å². The molecule has 1 amide bonds. The molecule has 3 heteroatoms. The van der Waals surface area contributed by atoms with Crippen LogP contribution >= 0.6 is 22.6 Å². The monoisotopic (exact) mass is 393 g/mol. The van der Waals surface area contributed by atoms with Gasteiger partial charge in [-0.3, -0.25) is 4.79 Å². The Hall–Kier alpha value is -1.36. The molecule has 0 heterocycles. The van der Waals surface area contributed by atoms with Crippen molar-refractivity contribution in [1.82, 2.24) is 4.90 Å². The number of carbonyl (C=O) groups is 1. The van der Waals surface area contributed by atoms with E-state index in [-0.39, 0.29) is 5.91 Å². The molecule has 2 rings (SSSR count). The first kappa shape index (κ1) is 16.0. The lowest BCUT2D eigenvalue weighted by Gasteiger charge is -2.18. The predicted molar refractivity (Wildman–Crippen MR) is 95.5 cm³/mol. The summed E-state index contributed by atoms with van der Waals surface area (Å²) in [5.74, 6) is 0.111. The first-order valence-electron chi connectivity index (χ1n) is 7.22. The third-order valence-corrected chi connectivity index (χ3v) is 4.44. The third kappa shape index (κ3) is 4.84. The fraction of sp³-hybridized carbons (Fsp3) is 0.278. The van der Waals surface area contributed by atoms with Gasteiger partial charge >= 0.3 is 0 Å². The molecule has 0 aliphatic carbocycles. The molecule has 0 saturated carbocycles. The van der Waals surface area contributed by atoms with Gasteiger partial charge in [-0.05, 0) is 59.5 Å². The van der Waals surface area contributed by atoms with E-state index in [9.17, 15) is 4.79 Å². The number of hydrogen-bond donors (Lipinski definition) is 0. The molecule has 110 valence electrons. The molecule has 0 bridgehead atoms. The van der Waals surface area contributed by atoms with E-state index in [0.29, 0.717) is 0 Å². The SMILES string of the molecule is CN(CCCCc1ccccc1)C(=O)c1ccccc1I. The van der Waals surface area contributed by atoms with Crippen molar-refractivity contribution in [3.05, 3.63) is 69.3 Å². The lowest BCUT2D eigenvalue weighted by atomic mass is 10.1. The summed E-state index contributed by atoms with van der Waals surface area (Å²) in [6.45, 7) is 0.802. The highest BCUT2D eigenvalue weighted by atomic mass is 127. The third-order valence-electron chi connectivity index (χ3n) is 3.50. The van der Waals surface area contributed by atoms with Crippen molar-refractivity contribution in [2.45, 2.75) is 19.3 Å². The fourth-order valence-corrected chi connectivity index (χ4v) is 2.88. The predicted octanol–water partition coefficient (Wildman–Crippen LogP) is 4.39. The lowest BCUT2D eigenvalue weighted by molar-refractivity contribution is 0.0792. The van der Waals surface area contributed by atoms with Gasteiger partial charge in [-0.25, -0.2) is 0 Å². The summed E-state index contributed by atoms with van der Waals surface area (Å²) in [5.41, 5.74) is 2.16. The number of hydrogen-bond acceptors (Lipinski definition) is 1. The quantitative estimate of drug-likeness (QED) is 0.527. The van der Waals surface area contributed by atoms with Gasteiger partial charge in [0.25, 0.3) is 5.91 Å². The van der Waals surface area contributed by atoms with Gasteiger partial charge in [-0.2, -0.15) is 0 Å². The number of aryl methyl sites for hydroxylation is 1. The van der Waals surface area contributed by atoms with E-state index in [0.717, 1.165) is 34.9 Å². The summed E-state index contributed by atoms with van der Waals surface area (Å²) in [4.78, 5) is 14.2. The highest BCUT2D eigenvalue weighted by Crippen LogP contribution is 2.14. The summed E-state index contributed by atoms with van der Waals surface area (Å²) < 4.78 is 1.01. The molecule has 0 aromatic heterocycles. The summed E-state index contributed by atoms with van der Waals surface area (Å²) in [6, 6.07) is 18.2. The Kier molecular flexibility index (Phi) is 6.23. The Morgan fingerprint density at radius 3 is 2.38 bits per heavy atom. The zero-order valence-corrected chi connectivity index (χ0v) is 14.4. The van der Waals surface area contributed by atoms with Crippen LogP contribution in [-0.2, 0) is 6.42 Å². The van der Waals surface area contributed by atoms with Crippen LogP contribution in [0.5, 0.6) is 0 Å². The van der Waals surface area contributed by atoms with Crippen molar-refractivity contribution in [1.29, 1.82) is 0 Å². The first-order chi connectivity index (χ1) is 10.2. The number of rotatable bonds is 6. The zero-order valence-electron chi connectivity index (χ0n) is 12.3. The van der Waals surface area contributed by atoms with E-state index in [1.165, 1.54) is 5.56 Å². The summed E-state index contributed by atoms with van der Waals surface area (Å²) >= 11 is 2.21. The largest absolute Gasteiger partial charge is 0.342 e. The fourth-order valence-electron chi connectivity index (χ4n) is 2.26. The maximum Gasteiger partial charge on any atom is 0.254 e. The number of benzene rings is 2. The number of halogens is 1. The molecule has 0 N–H and O–H groups in total. The standard InChI is InChI=1S/C18H20INO/c1-20(18(21)16-12-5-6-13-17(16)19)14-8-7-11-15-9-3-2-4-10-15/h2-6,9-10,12-13H,7-8,11,14H2,1H3.